The number of halogens is 1. The van der Waals surface area contributed by atoms with Crippen LogP contribution in [0.2, 0.25) is 0 Å². The third-order valence-corrected chi connectivity index (χ3v) is 4.85. The SMILES string of the molecule is CN(c1cnn(C)c(=O)c1Br)C1CCCCC1CN. The van der Waals surface area contributed by atoms with Gasteiger partial charge < -0.3 is 10.6 Å². The lowest BCUT2D eigenvalue weighted by Crippen LogP contribution is -2.44. The summed E-state index contributed by atoms with van der Waals surface area (Å²) in [5.41, 5.74) is 6.63. The predicted molar refractivity (Wildman–Crippen MR) is 80.4 cm³/mol. The van der Waals surface area contributed by atoms with E-state index in [-0.39, 0.29) is 5.56 Å². The minimum Gasteiger partial charge on any atom is -0.369 e. The number of hydrogen-bond donors (Lipinski definition) is 1. The fourth-order valence-corrected chi connectivity index (χ4v) is 3.54. The van der Waals surface area contributed by atoms with E-state index in [1.54, 1.807) is 13.2 Å². The van der Waals surface area contributed by atoms with Gasteiger partial charge in [-0.1, -0.05) is 12.8 Å². The molecule has 0 saturated heterocycles. The van der Waals surface area contributed by atoms with Crippen LogP contribution in [0.4, 0.5) is 5.69 Å². The van der Waals surface area contributed by atoms with Gasteiger partial charge in [-0.2, -0.15) is 5.10 Å². The summed E-state index contributed by atoms with van der Waals surface area (Å²) in [4.78, 5) is 14.1. The molecule has 1 fully saturated rings. The van der Waals surface area contributed by atoms with E-state index in [9.17, 15) is 4.79 Å². The zero-order valence-corrected chi connectivity index (χ0v) is 13.1. The fourth-order valence-electron chi connectivity index (χ4n) is 2.90. The molecule has 0 aliphatic heterocycles. The van der Waals surface area contributed by atoms with Crippen molar-refractivity contribution in [3.63, 3.8) is 0 Å². The number of hydrogen-bond acceptors (Lipinski definition) is 4. The highest BCUT2D eigenvalue weighted by Crippen LogP contribution is 2.32. The lowest BCUT2D eigenvalue weighted by molar-refractivity contribution is 0.306. The van der Waals surface area contributed by atoms with E-state index in [0.29, 0.717) is 23.0 Å². The maximum atomic E-state index is 11.9. The first-order chi connectivity index (χ1) is 9.06. The van der Waals surface area contributed by atoms with Crippen molar-refractivity contribution in [1.29, 1.82) is 0 Å². The van der Waals surface area contributed by atoms with E-state index in [1.165, 1.54) is 23.9 Å². The number of nitrogens with two attached hydrogens (primary N) is 1. The number of aromatic nitrogens is 2. The van der Waals surface area contributed by atoms with E-state index in [0.717, 1.165) is 12.1 Å². The molecule has 5 nitrogen and oxygen atoms in total. The molecular formula is C13H21BrN4O. The van der Waals surface area contributed by atoms with Gasteiger partial charge in [0.2, 0.25) is 0 Å². The van der Waals surface area contributed by atoms with Crippen LogP contribution in [-0.2, 0) is 7.05 Å². The summed E-state index contributed by atoms with van der Waals surface area (Å²) in [6.07, 6.45) is 6.51. The average molecular weight is 329 g/mol. The zero-order valence-electron chi connectivity index (χ0n) is 11.5. The van der Waals surface area contributed by atoms with Crippen LogP contribution in [0.15, 0.2) is 15.5 Å². The number of aryl methyl sites for hydroxylation is 1. The van der Waals surface area contributed by atoms with Gasteiger partial charge in [0.05, 0.1) is 11.9 Å². The molecule has 1 saturated carbocycles. The van der Waals surface area contributed by atoms with Crippen molar-refractivity contribution >= 4 is 21.6 Å². The van der Waals surface area contributed by atoms with Gasteiger partial charge in [0.1, 0.15) is 4.47 Å². The second-order valence-corrected chi connectivity index (χ2v) is 6.02. The molecule has 1 aromatic heterocycles. The van der Waals surface area contributed by atoms with Crippen LogP contribution in [-0.4, -0.2) is 29.4 Å². The highest BCUT2D eigenvalue weighted by molar-refractivity contribution is 9.10. The molecule has 0 aromatic carbocycles. The van der Waals surface area contributed by atoms with Gasteiger partial charge in [-0.25, -0.2) is 4.68 Å². The lowest BCUT2D eigenvalue weighted by atomic mass is 9.83. The first-order valence-electron chi connectivity index (χ1n) is 6.71. The maximum absolute atomic E-state index is 11.9. The van der Waals surface area contributed by atoms with Crippen LogP contribution < -0.4 is 16.2 Å². The molecule has 2 unspecified atom stereocenters. The summed E-state index contributed by atoms with van der Waals surface area (Å²) in [7, 11) is 3.68. The maximum Gasteiger partial charge on any atom is 0.282 e. The van der Waals surface area contributed by atoms with Crippen molar-refractivity contribution < 1.29 is 0 Å². The molecule has 0 spiro atoms. The molecule has 2 atom stereocenters. The quantitative estimate of drug-likeness (QED) is 0.913. The summed E-state index contributed by atoms with van der Waals surface area (Å²) >= 11 is 3.39. The van der Waals surface area contributed by atoms with E-state index in [2.05, 4.69) is 25.9 Å². The Labute approximate surface area is 121 Å². The largest absolute Gasteiger partial charge is 0.369 e. The fraction of sp³-hybridized carbons (Fsp3) is 0.692. The summed E-state index contributed by atoms with van der Waals surface area (Å²) in [6.45, 7) is 0.699. The molecule has 0 bridgehead atoms. The van der Waals surface area contributed by atoms with Crippen molar-refractivity contribution in [3.05, 3.63) is 21.0 Å². The third kappa shape index (κ3) is 2.84. The summed E-state index contributed by atoms with van der Waals surface area (Å²) < 4.78 is 1.91. The van der Waals surface area contributed by atoms with Crippen molar-refractivity contribution in [2.45, 2.75) is 31.7 Å². The standard InChI is InChI=1S/C13H21BrN4O/c1-17(10-6-4-3-5-9(10)7-15)11-8-16-18(2)13(19)12(11)14/h8-10H,3-7,15H2,1-2H3. The molecule has 2 rings (SSSR count). The molecule has 6 heteroatoms. The van der Waals surface area contributed by atoms with Crippen LogP contribution in [0.25, 0.3) is 0 Å². The smallest absolute Gasteiger partial charge is 0.282 e. The summed E-state index contributed by atoms with van der Waals surface area (Å²) in [5.74, 6) is 0.495. The molecule has 1 aliphatic rings. The highest BCUT2D eigenvalue weighted by Gasteiger charge is 2.28. The highest BCUT2D eigenvalue weighted by atomic mass is 79.9. The first kappa shape index (κ1) is 14.5. The number of rotatable bonds is 3. The Morgan fingerprint density at radius 2 is 2.21 bits per heavy atom. The van der Waals surface area contributed by atoms with E-state index < -0.39 is 0 Å². The molecule has 2 N–H and O–H groups in total. The Bertz CT molecular complexity index is 502. The Morgan fingerprint density at radius 1 is 1.53 bits per heavy atom. The minimum atomic E-state index is -0.107. The predicted octanol–water partition coefficient (Wildman–Crippen LogP) is 1.50. The average Bonchev–Trinajstić information content (AvgIpc) is 2.44. The second-order valence-electron chi connectivity index (χ2n) is 5.23. The van der Waals surface area contributed by atoms with Crippen molar-refractivity contribution in [2.75, 3.05) is 18.5 Å². The van der Waals surface area contributed by atoms with Crippen LogP contribution >= 0.6 is 15.9 Å². The van der Waals surface area contributed by atoms with Gasteiger partial charge in [-0.3, -0.25) is 4.79 Å². The molecule has 0 amide bonds. The molecule has 106 valence electrons. The number of nitrogens with zero attached hydrogens (tertiary/aromatic N) is 3. The minimum absolute atomic E-state index is 0.107. The van der Waals surface area contributed by atoms with Crippen molar-refractivity contribution in [1.82, 2.24) is 9.78 Å². The topological polar surface area (TPSA) is 64.2 Å². The Kier molecular flexibility index (Phi) is 4.62. The van der Waals surface area contributed by atoms with Crippen LogP contribution in [0.3, 0.4) is 0 Å². The Hall–Kier alpha value is -0.880. The number of anilines is 1. The molecule has 1 aromatic rings. The third-order valence-electron chi connectivity index (χ3n) is 4.11. The van der Waals surface area contributed by atoms with Crippen molar-refractivity contribution in [3.8, 4) is 0 Å². The van der Waals surface area contributed by atoms with Crippen LogP contribution in [0.5, 0.6) is 0 Å². The van der Waals surface area contributed by atoms with E-state index >= 15 is 0 Å². The van der Waals surface area contributed by atoms with Gasteiger partial charge in [-0.15, -0.1) is 0 Å². The van der Waals surface area contributed by atoms with E-state index in [1.807, 2.05) is 7.05 Å². The summed E-state index contributed by atoms with van der Waals surface area (Å²) in [5, 5.41) is 4.11. The Morgan fingerprint density at radius 3 is 2.89 bits per heavy atom. The molecule has 19 heavy (non-hydrogen) atoms. The van der Waals surface area contributed by atoms with E-state index in [4.69, 9.17) is 5.73 Å². The first-order valence-corrected chi connectivity index (χ1v) is 7.50. The normalized spacial score (nSPS) is 23.4. The molecule has 0 radical (unpaired) electrons. The summed E-state index contributed by atoms with van der Waals surface area (Å²) in [6, 6.07) is 0.393. The molecular weight excluding hydrogens is 308 g/mol. The van der Waals surface area contributed by atoms with Crippen LogP contribution in [0.1, 0.15) is 25.7 Å². The van der Waals surface area contributed by atoms with Gasteiger partial charge >= 0.3 is 0 Å². The van der Waals surface area contributed by atoms with Crippen LogP contribution in [0, 0.1) is 5.92 Å². The van der Waals surface area contributed by atoms with Gasteiger partial charge in [-0.05, 0) is 41.2 Å². The monoisotopic (exact) mass is 328 g/mol. The van der Waals surface area contributed by atoms with Gasteiger partial charge in [0, 0.05) is 20.1 Å². The zero-order chi connectivity index (χ0) is 14.0. The van der Waals surface area contributed by atoms with Gasteiger partial charge in [0.25, 0.3) is 5.56 Å². The second kappa shape index (κ2) is 6.05. The lowest BCUT2D eigenvalue weighted by Gasteiger charge is -2.38. The van der Waals surface area contributed by atoms with Crippen molar-refractivity contribution in [2.24, 2.45) is 18.7 Å². The Balaban J connectivity index is 2.30. The van der Waals surface area contributed by atoms with Gasteiger partial charge in [0.15, 0.2) is 0 Å². The molecule has 1 heterocycles. The molecule has 1 aliphatic carbocycles.